The highest BCUT2D eigenvalue weighted by atomic mass is 31.2. The predicted molar refractivity (Wildman–Crippen MR) is 66.8 cm³/mol. The summed E-state index contributed by atoms with van der Waals surface area (Å²) in [5, 5.41) is 2.33. The van der Waals surface area contributed by atoms with Crippen LogP contribution in [0.3, 0.4) is 0 Å². The van der Waals surface area contributed by atoms with Gasteiger partial charge >= 0.3 is 13.7 Å². The van der Waals surface area contributed by atoms with Gasteiger partial charge in [-0.1, -0.05) is 18.2 Å². The van der Waals surface area contributed by atoms with Gasteiger partial charge in [-0.05, 0) is 18.6 Å². The lowest BCUT2D eigenvalue weighted by Gasteiger charge is -2.14. The van der Waals surface area contributed by atoms with Gasteiger partial charge in [-0.15, -0.1) is 0 Å². The summed E-state index contributed by atoms with van der Waals surface area (Å²) in [7, 11) is -0.766. The molecule has 0 saturated carbocycles. The second-order valence-electron chi connectivity index (χ2n) is 3.47. The van der Waals surface area contributed by atoms with Gasteiger partial charge in [-0.2, -0.15) is 0 Å². The largest absolute Gasteiger partial charge is 0.413 e. The monoisotopic (exact) mass is 273 g/mol. The number of aryl methyl sites for hydroxylation is 1. The number of rotatable bonds is 5. The molecule has 1 aromatic carbocycles. The van der Waals surface area contributed by atoms with E-state index in [1.165, 1.54) is 14.2 Å². The molecule has 18 heavy (non-hydrogen) atoms. The molecule has 6 nitrogen and oxygen atoms in total. The zero-order valence-corrected chi connectivity index (χ0v) is 11.4. The molecule has 1 aromatic rings. The average molecular weight is 273 g/mol. The lowest BCUT2D eigenvalue weighted by Crippen LogP contribution is -2.28. The van der Waals surface area contributed by atoms with Crippen molar-refractivity contribution in [2.75, 3.05) is 20.5 Å². The molecule has 0 atom stereocenters. The number of hydrogen-bond acceptors (Lipinski definition) is 5. The average Bonchev–Trinajstić information content (AvgIpc) is 2.39. The van der Waals surface area contributed by atoms with Crippen LogP contribution in [0, 0.1) is 6.92 Å². The number of ether oxygens (including phenoxy) is 1. The van der Waals surface area contributed by atoms with Gasteiger partial charge in [0.2, 0.25) is 0 Å². The van der Waals surface area contributed by atoms with Crippen LogP contribution in [0.1, 0.15) is 5.56 Å². The fourth-order valence-electron chi connectivity index (χ4n) is 1.17. The maximum atomic E-state index is 11.7. The zero-order chi connectivity index (χ0) is 13.6. The quantitative estimate of drug-likeness (QED) is 0.834. The SMILES string of the molecule is COP(=O)(CNC(=O)Oc1ccccc1C)OC. The van der Waals surface area contributed by atoms with Crippen LogP contribution in [0.2, 0.25) is 0 Å². The Kier molecular flexibility index (Phi) is 5.34. The minimum Gasteiger partial charge on any atom is -0.410 e. The van der Waals surface area contributed by atoms with E-state index < -0.39 is 13.7 Å². The Labute approximate surface area is 106 Å². The third kappa shape index (κ3) is 4.14. The Balaban J connectivity index is 2.53. The summed E-state index contributed by atoms with van der Waals surface area (Å²) in [6.07, 6.45) is -0.955. The molecule has 1 N–H and O–H groups in total. The van der Waals surface area contributed by atoms with Crippen molar-refractivity contribution in [2.45, 2.75) is 6.92 Å². The summed E-state index contributed by atoms with van der Waals surface area (Å²) in [5.41, 5.74) is 0.828. The van der Waals surface area contributed by atoms with Crippen molar-refractivity contribution >= 4 is 13.7 Å². The molecule has 100 valence electrons. The molecule has 0 aliphatic heterocycles. The van der Waals surface area contributed by atoms with Crippen molar-refractivity contribution in [3.05, 3.63) is 29.8 Å². The van der Waals surface area contributed by atoms with Crippen LogP contribution in [0.25, 0.3) is 0 Å². The van der Waals surface area contributed by atoms with Gasteiger partial charge < -0.3 is 19.1 Å². The van der Waals surface area contributed by atoms with Crippen molar-refractivity contribution < 1.29 is 23.1 Å². The Hall–Kier alpha value is -1.36. The van der Waals surface area contributed by atoms with Gasteiger partial charge in [-0.3, -0.25) is 4.57 Å². The second-order valence-corrected chi connectivity index (χ2v) is 5.73. The van der Waals surface area contributed by atoms with Gasteiger partial charge in [0.05, 0.1) is 0 Å². The molecule has 0 aliphatic rings. The molecule has 1 amide bonds. The minimum atomic E-state index is -3.26. The Morgan fingerprint density at radius 2 is 1.89 bits per heavy atom. The first-order chi connectivity index (χ1) is 8.50. The molecular weight excluding hydrogens is 257 g/mol. The molecular formula is C11H16NO5P. The number of amides is 1. The fraction of sp³-hybridized carbons (Fsp3) is 0.364. The summed E-state index contributed by atoms with van der Waals surface area (Å²) in [6, 6.07) is 7.08. The van der Waals surface area contributed by atoms with E-state index in [1.54, 1.807) is 12.1 Å². The maximum absolute atomic E-state index is 11.7. The molecule has 0 fully saturated rings. The van der Waals surface area contributed by atoms with Gasteiger partial charge in [0.25, 0.3) is 0 Å². The molecule has 0 bridgehead atoms. The number of hydrogen-bond donors (Lipinski definition) is 1. The maximum Gasteiger partial charge on any atom is 0.413 e. The van der Waals surface area contributed by atoms with Gasteiger partial charge in [0.1, 0.15) is 12.0 Å². The van der Waals surface area contributed by atoms with Crippen molar-refractivity contribution in [1.82, 2.24) is 5.32 Å². The molecule has 7 heteroatoms. The molecule has 0 heterocycles. The lowest BCUT2D eigenvalue weighted by atomic mass is 10.2. The first-order valence-electron chi connectivity index (χ1n) is 5.22. The van der Waals surface area contributed by atoms with E-state index in [2.05, 4.69) is 14.4 Å². The van der Waals surface area contributed by atoms with E-state index in [1.807, 2.05) is 19.1 Å². The van der Waals surface area contributed by atoms with Gasteiger partial charge in [0, 0.05) is 14.2 Å². The molecule has 0 aromatic heterocycles. The van der Waals surface area contributed by atoms with Crippen molar-refractivity contribution in [1.29, 1.82) is 0 Å². The molecule has 0 unspecified atom stereocenters. The van der Waals surface area contributed by atoms with Crippen LogP contribution in [0.5, 0.6) is 5.75 Å². The third-order valence-electron chi connectivity index (χ3n) is 2.27. The summed E-state index contributed by atoms with van der Waals surface area (Å²) in [5.74, 6) is 0.444. The zero-order valence-electron chi connectivity index (χ0n) is 10.5. The smallest absolute Gasteiger partial charge is 0.410 e. The predicted octanol–water partition coefficient (Wildman–Crippen LogP) is 2.53. The van der Waals surface area contributed by atoms with Crippen molar-refractivity contribution in [3.8, 4) is 5.75 Å². The van der Waals surface area contributed by atoms with E-state index in [-0.39, 0.29) is 6.29 Å². The summed E-state index contributed by atoms with van der Waals surface area (Å²) < 4.78 is 26.1. The first kappa shape index (κ1) is 14.7. The van der Waals surface area contributed by atoms with Crippen LogP contribution in [-0.2, 0) is 13.6 Å². The first-order valence-corrected chi connectivity index (χ1v) is 6.95. The molecule has 1 rings (SSSR count). The Morgan fingerprint density at radius 1 is 1.28 bits per heavy atom. The summed E-state index contributed by atoms with van der Waals surface area (Å²) >= 11 is 0. The second kappa shape index (κ2) is 6.54. The molecule has 0 spiro atoms. The standard InChI is InChI=1S/C11H16NO5P/c1-9-6-4-5-7-10(9)17-11(13)12-8-18(14,15-2)16-3/h4-7H,8H2,1-3H3,(H,12,13). The number of nitrogens with one attached hydrogen (secondary N) is 1. The van der Waals surface area contributed by atoms with Crippen LogP contribution in [0.15, 0.2) is 24.3 Å². The summed E-state index contributed by atoms with van der Waals surface area (Å²) in [4.78, 5) is 11.5. The molecule has 0 radical (unpaired) electrons. The van der Waals surface area contributed by atoms with Crippen LogP contribution >= 0.6 is 7.60 Å². The number of carbonyl (C=O) groups is 1. The lowest BCUT2D eigenvalue weighted by molar-refractivity contribution is 0.199. The highest BCUT2D eigenvalue weighted by Gasteiger charge is 2.22. The van der Waals surface area contributed by atoms with Crippen LogP contribution in [-0.4, -0.2) is 26.6 Å². The Bertz CT molecular complexity index is 455. The minimum absolute atomic E-state index is 0.245. The topological polar surface area (TPSA) is 73.9 Å². The van der Waals surface area contributed by atoms with E-state index in [0.29, 0.717) is 5.75 Å². The molecule has 0 saturated heterocycles. The highest BCUT2D eigenvalue weighted by Crippen LogP contribution is 2.44. The van der Waals surface area contributed by atoms with Crippen LogP contribution in [0.4, 0.5) is 4.79 Å². The van der Waals surface area contributed by atoms with Gasteiger partial charge in [-0.25, -0.2) is 4.79 Å². The van der Waals surface area contributed by atoms with E-state index in [4.69, 9.17) is 4.74 Å². The fourth-order valence-corrected chi connectivity index (χ4v) is 1.90. The van der Waals surface area contributed by atoms with Crippen molar-refractivity contribution in [3.63, 3.8) is 0 Å². The van der Waals surface area contributed by atoms with E-state index in [0.717, 1.165) is 5.56 Å². The number of benzene rings is 1. The summed E-state index contributed by atoms with van der Waals surface area (Å²) in [6.45, 7) is 1.82. The van der Waals surface area contributed by atoms with E-state index in [9.17, 15) is 9.36 Å². The molecule has 0 aliphatic carbocycles. The van der Waals surface area contributed by atoms with Gasteiger partial charge in [0.15, 0.2) is 0 Å². The van der Waals surface area contributed by atoms with E-state index >= 15 is 0 Å². The Morgan fingerprint density at radius 3 is 2.44 bits per heavy atom. The number of para-hydroxylation sites is 1. The third-order valence-corrected chi connectivity index (χ3v) is 3.93. The number of carbonyl (C=O) groups excluding carboxylic acids is 1. The van der Waals surface area contributed by atoms with Crippen molar-refractivity contribution in [2.24, 2.45) is 0 Å². The normalized spacial score (nSPS) is 11.1. The van der Waals surface area contributed by atoms with Crippen LogP contribution < -0.4 is 10.1 Å². The highest BCUT2D eigenvalue weighted by molar-refractivity contribution is 7.53.